The molecule has 3 aliphatic heterocycles. The number of hydrogen-bond donors (Lipinski definition) is 0. The number of likely N-dealkylation sites (tertiary alicyclic amines) is 2. The highest BCUT2D eigenvalue weighted by molar-refractivity contribution is 5.05. The number of fused-ring (bicyclic) bond motifs is 2. The lowest BCUT2D eigenvalue weighted by molar-refractivity contribution is 0.0170. The van der Waals surface area contributed by atoms with Crippen molar-refractivity contribution in [1.82, 2.24) is 19.6 Å². The van der Waals surface area contributed by atoms with Crippen LogP contribution in [0.2, 0.25) is 0 Å². The van der Waals surface area contributed by atoms with Crippen molar-refractivity contribution in [2.45, 2.75) is 103 Å². The molecule has 0 radical (unpaired) electrons. The molecule has 0 aromatic heterocycles. The minimum Gasteiger partial charge on any atom is -0.300 e. The van der Waals surface area contributed by atoms with E-state index in [0.29, 0.717) is 23.7 Å². The number of nitrogens with zero attached hydrogens (tertiary/aromatic N) is 4. The number of piperazine rings is 1. The van der Waals surface area contributed by atoms with Gasteiger partial charge in [-0.3, -0.25) is 19.6 Å². The van der Waals surface area contributed by atoms with Crippen molar-refractivity contribution in [2.24, 2.45) is 0 Å². The van der Waals surface area contributed by atoms with E-state index >= 15 is 0 Å². The highest BCUT2D eigenvalue weighted by atomic mass is 15.4. The third-order valence-electron chi connectivity index (χ3n) is 7.44. The maximum atomic E-state index is 2.85. The van der Waals surface area contributed by atoms with E-state index in [-0.39, 0.29) is 0 Å². The summed E-state index contributed by atoms with van der Waals surface area (Å²) >= 11 is 0. The van der Waals surface area contributed by atoms with Crippen LogP contribution in [0.15, 0.2) is 0 Å². The maximum absolute atomic E-state index is 2.85. The second kappa shape index (κ2) is 8.06. The van der Waals surface area contributed by atoms with Crippen LogP contribution < -0.4 is 0 Å². The number of rotatable bonds is 6. The third-order valence-corrected chi connectivity index (χ3v) is 7.44. The third kappa shape index (κ3) is 4.29. The van der Waals surface area contributed by atoms with E-state index in [1.807, 2.05) is 0 Å². The van der Waals surface area contributed by atoms with Gasteiger partial charge in [0.25, 0.3) is 0 Å². The Bertz CT molecular complexity index is 461. The molecule has 0 saturated carbocycles. The fourth-order valence-electron chi connectivity index (χ4n) is 5.96. The average molecular weight is 365 g/mol. The maximum Gasteiger partial charge on any atom is 0.0244 e. The predicted octanol–water partition coefficient (Wildman–Crippen LogP) is 3.13. The summed E-state index contributed by atoms with van der Waals surface area (Å²) < 4.78 is 0. The molecule has 26 heavy (non-hydrogen) atoms. The van der Waals surface area contributed by atoms with Gasteiger partial charge < -0.3 is 0 Å². The van der Waals surface area contributed by atoms with Crippen LogP contribution >= 0.6 is 0 Å². The van der Waals surface area contributed by atoms with Gasteiger partial charge in [-0.05, 0) is 80.8 Å². The summed E-state index contributed by atoms with van der Waals surface area (Å²) in [5.41, 5.74) is 0.311. The van der Waals surface area contributed by atoms with Crippen LogP contribution in [0.3, 0.4) is 0 Å². The lowest BCUT2D eigenvalue weighted by Crippen LogP contribution is -2.57. The molecule has 0 amide bonds. The summed E-state index contributed by atoms with van der Waals surface area (Å²) in [5.74, 6) is 0. The first-order chi connectivity index (χ1) is 12.2. The van der Waals surface area contributed by atoms with E-state index in [9.17, 15) is 0 Å². The Hall–Kier alpha value is -0.160. The largest absolute Gasteiger partial charge is 0.300 e. The molecular formula is C22H44N4. The Balaban J connectivity index is 1.55. The minimum atomic E-state index is 0.311. The second-order valence-corrected chi connectivity index (χ2v) is 10.4. The molecule has 2 bridgehead atoms. The molecule has 0 aromatic carbocycles. The summed E-state index contributed by atoms with van der Waals surface area (Å²) in [4.78, 5) is 11.0. The van der Waals surface area contributed by atoms with Gasteiger partial charge in [-0.15, -0.1) is 0 Å². The molecule has 3 heterocycles. The molecule has 152 valence electrons. The van der Waals surface area contributed by atoms with Crippen LogP contribution in [-0.2, 0) is 0 Å². The van der Waals surface area contributed by atoms with Gasteiger partial charge in [-0.2, -0.15) is 0 Å². The van der Waals surface area contributed by atoms with Crippen LogP contribution in [-0.4, -0.2) is 94.6 Å². The van der Waals surface area contributed by atoms with E-state index in [2.05, 4.69) is 68.1 Å². The zero-order chi connectivity index (χ0) is 19.1. The van der Waals surface area contributed by atoms with Gasteiger partial charge >= 0.3 is 0 Å². The fourth-order valence-corrected chi connectivity index (χ4v) is 5.96. The van der Waals surface area contributed by atoms with Crippen molar-refractivity contribution in [2.75, 3.05) is 39.3 Å². The molecule has 0 spiro atoms. The van der Waals surface area contributed by atoms with Gasteiger partial charge in [-0.1, -0.05) is 0 Å². The topological polar surface area (TPSA) is 13.0 Å². The van der Waals surface area contributed by atoms with Gasteiger partial charge in [0, 0.05) is 61.9 Å². The fraction of sp³-hybridized carbons (Fsp3) is 1.00. The van der Waals surface area contributed by atoms with E-state index in [4.69, 9.17) is 0 Å². The van der Waals surface area contributed by atoms with Crippen LogP contribution in [0.25, 0.3) is 0 Å². The van der Waals surface area contributed by atoms with Crippen molar-refractivity contribution < 1.29 is 0 Å². The Morgan fingerprint density at radius 3 is 2.04 bits per heavy atom. The summed E-state index contributed by atoms with van der Waals surface area (Å²) in [6.07, 6.45) is 4.00. The Labute approximate surface area is 162 Å². The van der Waals surface area contributed by atoms with E-state index in [1.165, 1.54) is 58.5 Å². The Kier molecular flexibility index (Phi) is 6.38. The van der Waals surface area contributed by atoms with E-state index < -0.39 is 0 Å². The molecule has 3 atom stereocenters. The van der Waals surface area contributed by atoms with Gasteiger partial charge in [-0.25, -0.2) is 0 Å². The van der Waals surface area contributed by atoms with Crippen LogP contribution in [0.1, 0.15) is 67.7 Å². The first-order valence-electron chi connectivity index (χ1n) is 11.2. The Morgan fingerprint density at radius 2 is 1.46 bits per heavy atom. The lowest BCUT2D eigenvalue weighted by Gasteiger charge is -2.47. The van der Waals surface area contributed by atoms with Crippen molar-refractivity contribution in [3.05, 3.63) is 0 Å². The molecule has 3 fully saturated rings. The molecule has 0 N–H and O–H groups in total. The molecule has 4 heteroatoms. The van der Waals surface area contributed by atoms with Gasteiger partial charge in [0.1, 0.15) is 0 Å². The molecule has 0 aliphatic carbocycles. The molecular weight excluding hydrogens is 320 g/mol. The van der Waals surface area contributed by atoms with Crippen molar-refractivity contribution in [3.8, 4) is 0 Å². The summed E-state index contributed by atoms with van der Waals surface area (Å²) in [6, 6.07) is 3.65. The highest BCUT2D eigenvalue weighted by Crippen LogP contribution is 2.38. The van der Waals surface area contributed by atoms with Crippen molar-refractivity contribution >= 4 is 0 Å². The van der Waals surface area contributed by atoms with Crippen LogP contribution in [0.5, 0.6) is 0 Å². The molecule has 3 rings (SSSR count). The standard InChI is InChI=1S/C22H44N4/c1-17(2)23-9-8-10-24(12-11-23)19(5)14-22(6,7)26-16-20-13-21(26)15-25(20)18(3)4/h17-21H,8-16H2,1-7H3. The normalized spacial score (nSPS) is 31.3. The minimum absolute atomic E-state index is 0.311. The van der Waals surface area contributed by atoms with Gasteiger partial charge in [0.05, 0.1) is 0 Å². The van der Waals surface area contributed by atoms with Gasteiger partial charge in [0.2, 0.25) is 0 Å². The van der Waals surface area contributed by atoms with Crippen molar-refractivity contribution in [1.29, 1.82) is 0 Å². The zero-order valence-corrected chi connectivity index (χ0v) is 18.5. The lowest BCUT2D eigenvalue weighted by atomic mass is 9.91. The summed E-state index contributed by atoms with van der Waals surface area (Å²) in [6.45, 7) is 24.5. The summed E-state index contributed by atoms with van der Waals surface area (Å²) in [5, 5.41) is 0. The van der Waals surface area contributed by atoms with E-state index in [1.54, 1.807) is 0 Å². The predicted molar refractivity (Wildman–Crippen MR) is 112 cm³/mol. The monoisotopic (exact) mass is 364 g/mol. The van der Waals surface area contributed by atoms with Gasteiger partial charge in [0.15, 0.2) is 0 Å². The molecule has 3 saturated heterocycles. The molecule has 3 unspecified atom stereocenters. The Morgan fingerprint density at radius 1 is 0.808 bits per heavy atom. The van der Waals surface area contributed by atoms with Crippen LogP contribution in [0.4, 0.5) is 0 Å². The average Bonchev–Trinajstić information content (AvgIpc) is 3.06. The summed E-state index contributed by atoms with van der Waals surface area (Å²) in [7, 11) is 0. The number of hydrogen-bond acceptors (Lipinski definition) is 4. The molecule has 4 nitrogen and oxygen atoms in total. The van der Waals surface area contributed by atoms with Crippen molar-refractivity contribution in [3.63, 3.8) is 0 Å². The van der Waals surface area contributed by atoms with Crippen LogP contribution in [0, 0.1) is 0 Å². The smallest absolute Gasteiger partial charge is 0.0244 e. The molecule has 0 aromatic rings. The van der Waals surface area contributed by atoms with E-state index in [0.717, 1.165) is 12.1 Å². The zero-order valence-electron chi connectivity index (χ0n) is 18.5. The first kappa shape index (κ1) is 20.6. The highest BCUT2D eigenvalue weighted by Gasteiger charge is 2.48. The second-order valence-electron chi connectivity index (χ2n) is 10.4. The first-order valence-corrected chi connectivity index (χ1v) is 11.2. The molecule has 3 aliphatic rings. The quantitative estimate of drug-likeness (QED) is 0.718. The SMILES string of the molecule is CC(C)N1CCCN(C(C)CC(C)(C)N2CC3CC2CN3C(C)C)CC1.